The van der Waals surface area contributed by atoms with Crippen molar-refractivity contribution in [1.82, 2.24) is 9.97 Å². The van der Waals surface area contributed by atoms with Crippen LogP contribution in [0.15, 0.2) is 67.0 Å². The van der Waals surface area contributed by atoms with E-state index in [1.807, 2.05) is 63.2 Å². The monoisotopic (exact) mass is 447 g/mol. The fourth-order valence-electron chi connectivity index (χ4n) is 3.30. The number of amides is 1. The summed E-state index contributed by atoms with van der Waals surface area (Å²) < 4.78 is 12.4. The number of carbonyl (C=O) groups is 1. The highest BCUT2D eigenvalue weighted by Crippen LogP contribution is 2.35. The molecule has 0 unspecified atom stereocenters. The Kier molecular flexibility index (Phi) is 6.66. The molecular formula is C25H25N3O3S. The summed E-state index contributed by atoms with van der Waals surface area (Å²) in [6.07, 6.45) is 3.55. The van der Waals surface area contributed by atoms with Crippen LogP contribution in [-0.4, -0.2) is 28.6 Å². The van der Waals surface area contributed by atoms with Crippen molar-refractivity contribution >= 4 is 32.6 Å². The van der Waals surface area contributed by atoms with Gasteiger partial charge in [-0.05, 0) is 68.8 Å². The van der Waals surface area contributed by atoms with Crippen molar-refractivity contribution < 1.29 is 14.3 Å². The van der Waals surface area contributed by atoms with Gasteiger partial charge in [-0.15, -0.1) is 0 Å². The fraction of sp³-hybridized carbons (Fsp3) is 0.240. The Balaban J connectivity index is 1.71. The highest BCUT2D eigenvalue weighted by atomic mass is 32.1. The summed E-state index contributed by atoms with van der Waals surface area (Å²) in [7, 11) is 0. The summed E-state index contributed by atoms with van der Waals surface area (Å²) in [5, 5.41) is 0.614. The molecule has 2 heterocycles. The average Bonchev–Trinajstić information content (AvgIpc) is 3.23. The zero-order valence-corrected chi connectivity index (χ0v) is 19.1. The molecule has 2 aromatic carbocycles. The van der Waals surface area contributed by atoms with Crippen LogP contribution in [0.25, 0.3) is 10.2 Å². The van der Waals surface area contributed by atoms with Crippen LogP contribution in [-0.2, 0) is 6.54 Å². The molecule has 0 N–H and O–H groups in total. The number of ether oxygens (including phenoxy) is 2. The topological polar surface area (TPSA) is 64.5 Å². The highest BCUT2D eigenvalue weighted by Gasteiger charge is 2.23. The number of carbonyl (C=O) groups excluding carboxylic acids is 1. The second-order valence-electron chi connectivity index (χ2n) is 7.48. The zero-order valence-electron chi connectivity index (χ0n) is 18.3. The first-order valence-corrected chi connectivity index (χ1v) is 11.4. The first-order chi connectivity index (χ1) is 15.5. The molecule has 32 heavy (non-hydrogen) atoms. The third-order valence-corrected chi connectivity index (χ3v) is 5.73. The molecule has 0 atom stereocenters. The highest BCUT2D eigenvalue weighted by molar-refractivity contribution is 7.22. The molecule has 6 nitrogen and oxygen atoms in total. The van der Waals surface area contributed by atoms with Gasteiger partial charge in [0, 0.05) is 18.0 Å². The third kappa shape index (κ3) is 4.89. The molecular weight excluding hydrogens is 422 g/mol. The van der Waals surface area contributed by atoms with E-state index in [9.17, 15) is 4.79 Å². The van der Waals surface area contributed by atoms with E-state index in [0.717, 1.165) is 27.3 Å². The molecule has 0 spiro atoms. The van der Waals surface area contributed by atoms with Crippen molar-refractivity contribution in [3.05, 3.63) is 78.1 Å². The van der Waals surface area contributed by atoms with Crippen molar-refractivity contribution in [3.8, 4) is 11.5 Å². The molecule has 0 radical (unpaired) electrons. The van der Waals surface area contributed by atoms with E-state index in [0.29, 0.717) is 23.8 Å². The Hall–Kier alpha value is -3.45. The van der Waals surface area contributed by atoms with Gasteiger partial charge in [0.15, 0.2) is 5.13 Å². The summed E-state index contributed by atoms with van der Waals surface area (Å²) in [6.45, 7) is 6.80. The smallest absolute Gasteiger partial charge is 0.260 e. The SMILES string of the molecule is CCOc1cccc2sc(N(Cc3cccnc3)C(=O)c3ccc(OC(C)C)cc3)nc12. The van der Waals surface area contributed by atoms with E-state index < -0.39 is 0 Å². The molecule has 7 heteroatoms. The number of hydrogen-bond acceptors (Lipinski definition) is 6. The van der Waals surface area contributed by atoms with Gasteiger partial charge in [-0.3, -0.25) is 14.7 Å². The van der Waals surface area contributed by atoms with Crippen LogP contribution in [0.3, 0.4) is 0 Å². The van der Waals surface area contributed by atoms with Gasteiger partial charge in [0.25, 0.3) is 5.91 Å². The second-order valence-corrected chi connectivity index (χ2v) is 8.48. The summed E-state index contributed by atoms with van der Waals surface area (Å²) in [4.78, 5) is 24.2. The van der Waals surface area contributed by atoms with E-state index in [2.05, 4.69) is 4.98 Å². The number of benzene rings is 2. The Bertz CT molecular complexity index is 1190. The second kappa shape index (κ2) is 9.78. The Morgan fingerprint density at radius 1 is 1.09 bits per heavy atom. The number of aromatic nitrogens is 2. The van der Waals surface area contributed by atoms with Crippen molar-refractivity contribution in [1.29, 1.82) is 0 Å². The standard InChI is InChI=1S/C25H25N3O3S/c1-4-30-21-8-5-9-22-23(21)27-25(32-22)28(16-18-7-6-14-26-15-18)24(29)19-10-12-20(13-11-19)31-17(2)3/h5-15,17H,4,16H2,1-3H3. The van der Waals surface area contributed by atoms with Crippen LogP contribution in [0.5, 0.6) is 11.5 Å². The van der Waals surface area contributed by atoms with E-state index in [-0.39, 0.29) is 12.0 Å². The molecule has 0 bridgehead atoms. The Morgan fingerprint density at radius 2 is 1.91 bits per heavy atom. The van der Waals surface area contributed by atoms with Crippen LogP contribution in [0, 0.1) is 0 Å². The number of thiazole rings is 1. The molecule has 1 amide bonds. The van der Waals surface area contributed by atoms with Gasteiger partial charge in [-0.25, -0.2) is 4.98 Å². The van der Waals surface area contributed by atoms with Gasteiger partial charge in [0.1, 0.15) is 17.0 Å². The molecule has 0 fully saturated rings. The Morgan fingerprint density at radius 3 is 2.59 bits per heavy atom. The lowest BCUT2D eigenvalue weighted by molar-refractivity contribution is 0.0985. The number of anilines is 1. The van der Waals surface area contributed by atoms with Gasteiger partial charge >= 0.3 is 0 Å². The normalized spacial score (nSPS) is 11.0. The lowest BCUT2D eigenvalue weighted by Gasteiger charge is -2.20. The number of para-hydroxylation sites is 1. The van der Waals surface area contributed by atoms with Crippen molar-refractivity contribution in [3.63, 3.8) is 0 Å². The van der Waals surface area contributed by atoms with Crippen molar-refractivity contribution in [2.45, 2.75) is 33.4 Å². The lowest BCUT2D eigenvalue weighted by Crippen LogP contribution is -2.30. The first-order valence-electron chi connectivity index (χ1n) is 10.5. The number of hydrogen-bond donors (Lipinski definition) is 0. The maximum Gasteiger partial charge on any atom is 0.260 e. The molecule has 0 aliphatic carbocycles. The van der Waals surface area contributed by atoms with E-state index >= 15 is 0 Å². The summed E-state index contributed by atoms with van der Waals surface area (Å²) in [5.41, 5.74) is 2.25. The molecule has 0 aliphatic rings. The maximum absolute atomic E-state index is 13.6. The van der Waals surface area contributed by atoms with Gasteiger partial charge in [0.2, 0.25) is 0 Å². The predicted octanol–water partition coefficient (Wildman–Crippen LogP) is 5.72. The number of fused-ring (bicyclic) bond motifs is 1. The van der Waals surface area contributed by atoms with E-state index in [1.165, 1.54) is 11.3 Å². The van der Waals surface area contributed by atoms with E-state index in [1.54, 1.807) is 29.4 Å². The number of rotatable bonds is 8. The van der Waals surface area contributed by atoms with E-state index in [4.69, 9.17) is 14.5 Å². The maximum atomic E-state index is 13.6. The minimum atomic E-state index is -0.137. The molecule has 4 aromatic rings. The van der Waals surface area contributed by atoms with Crippen LogP contribution in [0.2, 0.25) is 0 Å². The minimum absolute atomic E-state index is 0.0703. The molecule has 4 rings (SSSR count). The van der Waals surface area contributed by atoms with Crippen LogP contribution < -0.4 is 14.4 Å². The van der Waals surface area contributed by atoms with Crippen LogP contribution >= 0.6 is 11.3 Å². The quantitative estimate of drug-likeness (QED) is 0.345. The summed E-state index contributed by atoms with van der Waals surface area (Å²) in [5.74, 6) is 1.31. The van der Waals surface area contributed by atoms with Crippen molar-refractivity contribution in [2.75, 3.05) is 11.5 Å². The molecule has 2 aromatic heterocycles. The number of pyridine rings is 1. The van der Waals surface area contributed by atoms with Crippen LogP contribution in [0.4, 0.5) is 5.13 Å². The van der Waals surface area contributed by atoms with Gasteiger partial charge < -0.3 is 9.47 Å². The largest absolute Gasteiger partial charge is 0.492 e. The fourth-order valence-corrected chi connectivity index (χ4v) is 4.28. The predicted molar refractivity (Wildman–Crippen MR) is 128 cm³/mol. The summed E-state index contributed by atoms with van der Waals surface area (Å²) >= 11 is 1.47. The summed E-state index contributed by atoms with van der Waals surface area (Å²) in [6, 6.07) is 16.9. The lowest BCUT2D eigenvalue weighted by atomic mass is 10.1. The van der Waals surface area contributed by atoms with Crippen LogP contribution in [0.1, 0.15) is 36.7 Å². The average molecular weight is 448 g/mol. The van der Waals surface area contributed by atoms with Gasteiger partial charge in [-0.2, -0.15) is 0 Å². The van der Waals surface area contributed by atoms with Gasteiger partial charge in [-0.1, -0.05) is 23.5 Å². The first kappa shape index (κ1) is 21.8. The molecule has 164 valence electrons. The molecule has 0 saturated heterocycles. The molecule has 0 saturated carbocycles. The Labute approximate surface area is 191 Å². The minimum Gasteiger partial charge on any atom is -0.492 e. The number of nitrogens with zero attached hydrogens (tertiary/aromatic N) is 3. The van der Waals surface area contributed by atoms with Gasteiger partial charge in [0.05, 0.1) is 24.0 Å². The molecule has 0 aliphatic heterocycles. The van der Waals surface area contributed by atoms with Crippen molar-refractivity contribution in [2.24, 2.45) is 0 Å². The zero-order chi connectivity index (χ0) is 22.5. The third-order valence-electron chi connectivity index (χ3n) is 4.68.